The van der Waals surface area contributed by atoms with Crippen molar-refractivity contribution in [2.24, 2.45) is 0 Å². The summed E-state index contributed by atoms with van der Waals surface area (Å²) in [6.45, 7) is 1.94. The SMILES string of the molecule is O=c1[nH]c2c(-c3ccc[nH]3)cccc2n1C1CCNCC1. The summed E-state index contributed by atoms with van der Waals surface area (Å²) < 4.78 is 1.93. The fourth-order valence-electron chi connectivity index (χ4n) is 3.30. The van der Waals surface area contributed by atoms with Crippen LogP contribution in [0, 0.1) is 0 Å². The van der Waals surface area contributed by atoms with Crippen LogP contribution in [0.3, 0.4) is 0 Å². The van der Waals surface area contributed by atoms with Gasteiger partial charge in [0.05, 0.1) is 11.0 Å². The second-order valence-corrected chi connectivity index (χ2v) is 5.56. The van der Waals surface area contributed by atoms with Crippen LogP contribution >= 0.6 is 0 Å². The monoisotopic (exact) mass is 282 g/mol. The number of piperidine rings is 1. The summed E-state index contributed by atoms with van der Waals surface area (Å²) in [5, 5.41) is 3.35. The number of hydrogen-bond acceptors (Lipinski definition) is 2. The largest absolute Gasteiger partial charge is 0.361 e. The van der Waals surface area contributed by atoms with E-state index in [1.54, 1.807) is 0 Å². The van der Waals surface area contributed by atoms with Gasteiger partial charge in [-0.3, -0.25) is 4.57 Å². The zero-order valence-corrected chi connectivity index (χ0v) is 11.7. The van der Waals surface area contributed by atoms with Crippen LogP contribution < -0.4 is 11.0 Å². The number of fused-ring (bicyclic) bond motifs is 1. The van der Waals surface area contributed by atoms with Gasteiger partial charge in [-0.1, -0.05) is 12.1 Å². The van der Waals surface area contributed by atoms with Crippen molar-refractivity contribution in [2.75, 3.05) is 13.1 Å². The molecule has 3 aromatic rings. The number of aromatic amines is 2. The molecule has 4 rings (SSSR count). The smallest absolute Gasteiger partial charge is 0.326 e. The highest BCUT2D eigenvalue weighted by molar-refractivity contribution is 5.91. The van der Waals surface area contributed by atoms with E-state index >= 15 is 0 Å². The maximum absolute atomic E-state index is 12.4. The Bertz CT molecular complexity index is 807. The third-order valence-electron chi connectivity index (χ3n) is 4.31. The summed E-state index contributed by atoms with van der Waals surface area (Å²) in [6, 6.07) is 10.4. The van der Waals surface area contributed by atoms with Crippen LogP contribution in [0.1, 0.15) is 18.9 Å². The first-order chi connectivity index (χ1) is 10.3. The normalized spacial score (nSPS) is 16.6. The molecular weight excluding hydrogens is 264 g/mol. The van der Waals surface area contributed by atoms with Crippen LogP contribution in [0.25, 0.3) is 22.3 Å². The predicted octanol–water partition coefficient (Wildman–Crippen LogP) is 2.25. The minimum Gasteiger partial charge on any atom is -0.361 e. The van der Waals surface area contributed by atoms with Gasteiger partial charge in [0.15, 0.2) is 0 Å². The molecular formula is C16H18N4O. The first-order valence-electron chi connectivity index (χ1n) is 7.42. The van der Waals surface area contributed by atoms with Crippen molar-refractivity contribution < 1.29 is 0 Å². The highest BCUT2D eigenvalue weighted by atomic mass is 16.1. The van der Waals surface area contributed by atoms with Crippen molar-refractivity contribution in [3.05, 3.63) is 47.0 Å². The van der Waals surface area contributed by atoms with E-state index in [2.05, 4.69) is 15.3 Å². The van der Waals surface area contributed by atoms with E-state index in [4.69, 9.17) is 0 Å². The lowest BCUT2D eigenvalue weighted by atomic mass is 10.1. The molecule has 3 heterocycles. The number of hydrogen-bond donors (Lipinski definition) is 3. The molecule has 1 aliphatic heterocycles. The molecule has 108 valence electrons. The molecule has 0 spiro atoms. The lowest BCUT2D eigenvalue weighted by Gasteiger charge is -2.23. The average molecular weight is 282 g/mol. The van der Waals surface area contributed by atoms with Gasteiger partial charge in [0.1, 0.15) is 0 Å². The molecule has 0 atom stereocenters. The van der Waals surface area contributed by atoms with Gasteiger partial charge >= 0.3 is 5.69 Å². The first-order valence-corrected chi connectivity index (χ1v) is 7.42. The average Bonchev–Trinajstić information content (AvgIpc) is 3.14. The Morgan fingerprint density at radius 2 is 1.95 bits per heavy atom. The number of nitrogens with zero attached hydrogens (tertiary/aromatic N) is 1. The number of benzene rings is 1. The summed E-state index contributed by atoms with van der Waals surface area (Å²) in [5.74, 6) is 0. The molecule has 21 heavy (non-hydrogen) atoms. The lowest BCUT2D eigenvalue weighted by molar-refractivity contribution is 0.368. The molecule has 5 nitrogen and oxygen atoms in total. The highest BCUT2D eigenvalue weighted by Crippen LogP contribution is 2.28. The van der Waals surface area contributed by atoms with Crippen LogP contribution in [-0.2, 0) is 0 Å². The second kappa shape index (κ2) is 4.93. The third-order valence-corrected chi connectivity index (χ3v) is 4.31. The molecule has 1 fully saturated rings. The van der Waals surface area contributed by atoms with Gasteiger partial charge in [-0.25, -0.2) is 4.79 Å². The molecule has 0 aliphatic carbocycles. The minimum absolute atomic E-state index is 0.00379. The standard InChI is InChI=1S/C16H18N4O/c21-16-19-15-12(13-4-2-8-18-13)3-1-5-14(15)20(16)11-6-9-17-10-7-11/h1-5,8,11,17-18H,6-7,9-10H2,(H,19,21). The Morgan fingerprint density at radius 1 is 1.10 bits per heavy atom. The van der Waals surface area contributed by atoms with Crippen LogP contribution in [0.2, 0.25) is 0 Å². The molecule has 0 bridgehead atoms. The maximum Gasteiger partial charge on any atom is 0.326 e. The molecule has 2 aromatic heterocycles. The molecule has 1 aromatic carbocycles. The number of imidazole rings is 1. The highest BCUT2D eigenvalue weighted by Gasteiger charge is 2.20. The van der Waals surface area contributed by atoms with E-state index in [1.807, 2.05) is 41.1 Å². The summed E-state index contributed by atoms with van der Waals surface area (Å²) in [5.41, 5.74) is 3.99. The molecule has 3 N–H and O–H groups in total. The number of H-pyrrole nitrogens is 2. The van der Waals surface area contributed by atoms with E-state index in [1.165, 1.54) is 0 Å². The van der Waals surface area contributed by atoms with Gasteiger partial charge in [0.25, 0.3) is 0 Å². The van der Waals surface area contributed by atoms with E-state index in [0.29, 0.717) is 0 Å². The number of para-hydroxylation sites is 1. The van der Waals surface area contributed by atoms with Gasteiger partial charge in [0.2, 0.25) is 0 Å². The van der Waals surface area contributed by atoms with Crippen LogP contribution in [0.4, 0.5) is 0 Å². The van der Waals surface area contributed by atoms with E-state index in [9.17, 15) is 4.79 Å². The molecule has 0 saturated carbocycles. The van der Waals surface area contributed by atoms with E-state index in [0.717, 1.165) is 48.2 Å². The van der Waals surface area contributed by atoms with Gasteiger partial charge in [-0.2, -0.15) is 0 Å². The predicted molar refractivity (Wildman–Crippen MR) is 83.5 cm³/mol. The Balaban J connectivity index is 1.91. The van der Waals surface area contributed by atoms with Crippen molar-refractivity contribution in [3.63, 3.8) is 0 Å². The third kappa shape index (κ3) is 2.01. The van der Waals surface area contributed by atoms with Crippen molar-refractivity contribution in [3.8, 4) is 11.3 Å². The quantitative estimate of drug-likeness (QED) is 0.675. The van der Waals surface area contributed by atoms with Crippen LogP contribution in [0.15, 0.2) is 41.3 Å². The zero-order chi connectivity index (χ0) is 14.2. The summed E-state index contributed by atoms with van der Waals surface area (Å²) in [4.78, 5) is 18.7. The lowest BCUT2D eigenvalue weighted by Crippen LogP contribution is -2.33. The summed E-state index contributed by atoms with van der Waals surface area (Å²) in [7, 11) is 0. The van der Waals surface area contributed by atoms with Crippen molar-refractivity contribution in [1.29, 1.82) is 0 Å². The number of rotatable bonds is 2. The molecule has 0 radical (unpaired) electrons. The van der Waals surface area contributed by atoms with Gasteiger partial charge in [0, 0.05) is 23.5 Å². The Hall–Kier alpha value is -2.27. The van der Waals surface area contributed by atoms with Gasteiger partial charge in [-0.15, -0.1) is 0 Å². The van der Waals surface area contributed by atoms with Crippen molar-refractivity contribution in [2.45, 2.75) is 18.9 Å². The number of nitrogens with one attached hydrogen (secondary N) is 3. The Morgan fingerprint density at radius 3 is 2.71 bits per heavy atom. The molecule has 0 unspecified atom stereocenters. The molecule has 5 heteroatoms. The van der Waals surface area contributed by atoms with Crippen LogP contribution in [-0.4, -0.2) is 27.6 Å². The first kappa shape index (κ1) is 12.5. The van der Waals surface area contributed by atoms with Crippen LogP contribution in [0.5, 0.6) is 0 Å². The van der Waals surface area contributed by atoms with Crippen molar-refractivity contribution in [1.82, 2.24) is 19.9 Å². The summed E-state index contributed by atoms with van der Waals surface area (Å²) >= 11 is 0. The zero-order valence-electron chi connectivity index (χ0n) is 11.7. The Labute approximate surface area is 122 Å². The molecule has 1 saturated heterocycles. The van der Waals surface area contributed by atoms with Gasteiger partial charge < -0.3 is 15.3 Å². The van der Waals surface area contributed by atoms with Crippen molar-refractivity contribution >= 4 is 11.0 Å². The fraction of sp³-hybridized carbons (Fsp3) is 0.312. The minimum atomic E-state index is -0.00379. The van der Waals surface area contributed by atoms with E-state index < -0.39 is 0 Å². The maximum atomic E-state index is 12.4. The van der Waals surface area contributed by atoms with Gasteiger partial charge in [-0.05, 0) is 44.1 Å². The van der Waals surface area contributed by atoms with E-state index in [-0.39, 0.29) is 11.7 Å². The Kier molecular flexibility index (Phi) is 2.93. The topological polar surface area (TPSA) is 65.6 Å². The second-order valence-electron chi connectivity index (χ2n) is 5.56. The summed E-state index contributed by atoms with van der Waals surface area (Å²) in [6.07, 6.45) is 3.90. The molecule has 0 amide bonds. The molecule has 1 aliphatic rings. The number of aromatic nitrogens is 3. The fourth-order valence-corrected chi connectivity index (χ4v) is 3.30.